The summed E-state index contributed by atoms with van der Waals surface area (Å²) >= 11 is 0. The summed E-state index contributed by atoms with van der Waals surface area (Å²) in [4.78, 5) is 0. The van der Waals surface area contributed by atoms with Crippen molar-refractivity contribution < 1.29 is 29.4 Å². The normalized spacial score (nSPS) is 12.1. The molecule has 0 aromatic heterocycles. The van der Waals surface area contributed by atoms with Crippen LogP contribution in [0, 0.1) is 0 Å². The molecule has 0 bridgehead atoms. The quantitative estimate of drug-likeness (QED) is 0.268. The standard InChI is InChI=1S/C18H22N2O4/c1-19(21)13-15-3-7-17(8-4-15)23-11-12-24-18-9-5-16(6-10-18)14-20(2)22/h3-10,13-14,21-22H,11-12H2,1-2H3/q+2. The Morgan fingerprint density at radius 3 is 1.33 bits per heavy atom. The van der Waals surface area contributed by atoms with Gasteiger partial charge in [0.05, 0.1) is 0 Å². The predicted molar refractivity (Wildman–Crippen MR) is 90.1 cm³/mol. The van der Waals surface area contributed by atoms with Crippen LogP contribution in [0.5, 0.6) is 11.5 Å². The molecule has 0 heterocycles. The van der Waals surface area contributed by atoms with Crippen molar-refractivity contribution >= 4 is 12.4 Å². The van der Waals surface area contributed by atoms with Gasteiger partial charge in [0.1, 0.15) is 24.7 Å². The molecule has 0 atom stereocenters. The second kappa shape index (κ2) is 8.57. The van der Waals surface area contributed by atoms with Gasteiger partial charge in [-0.25, -0.2) is 0 Å². The third-order valence-corrected chi connectivity index (χ3v) is 3.05. The Morgan fingerprint density at radius 1 is 0.708 bits per heavy atom. The Morgan fingerprint density at radius 2 is 1.04 bits per heavy atom. The molecule has 0 saturated heterocycles. The summed E-state index contributed by atoms with van der Waals surface area (Å²) in [7, 11) is 3.10. The van der Waals surface area contributed by atoms with Gasteiger partial charge in [0, 0.05) is 11.1 Å². The molecule has 24 heavy (non-hydrogen) atoms. The fraction of sp³-hybridized carbons (Fsp3) is 0.222. The van der Waals surface area contributed by atoms with Crippen LogP contribution in [0.4, 0.5) is 0 Å². The average Bonchev–Trinajstić information content (AvgIpc) is 2.53. The maximum absolute atomic E-state index is 9.13. The number of hydrogen-bond donors (Lipinski definition) is 2. The Balaban J connectivity index is 1.76. The van der Waals surface area contributed by atoms with Gasteiger partial charge in [0.25, 0.3) is 0 Å². The summed E-state index contributed by atoms with van der Waals surface area (Å²) in [6, 6.07) is 14.8. The van der Waals surface area contributed by atoms with Crippen LogP contribution in [-0.2, 0) is 0 Å². The van der Waals surface area contributed by atoms with E-state index < -0.39 is 0 Å². The van der Waals surface area contributed by atoms with Gasteiger partial charge in [0.2, 0.25) is 12.4 Å². The fourth-order valence-electron chi connectivity index (χ4n) is 2.05. The summed E-state index contributed by atoms with van der Waals surface area (Å²) in [6.07, 6.45) is 3.20. The first-order valence-corrected chi connectivity index (χ1v) is 7.52. The number of nitrogens with zero attached hydrogens (tertiary/aromatic N) is 2. The number of hydrogen-bond acceptors (Lipinski definition) is 4. The SMILES string of the molecule is C[N+](O)=Cc1ccc(OCCOc2ccc(C=[N+](C)O)cc2)cc1. The molecule has 0 aliphatic carbocycles. The van der Waals surface area contributed by atoms with Gasteiger partial charge >= 0.3 is 0 Å². The fourth-order valence-corrected chi connectivity index (χ4v) is 2.05. The minimum absolute atomic E-state index is 0.427. The molecule has 2 rings (SSSR count). The lowest BCUT2D eigenvalue weighted by Crippen LogP contribution is -2.09. The molecule has 0 spiro atoms. The maximum Gasteiger partial charge on any atom is 0.222 e. The first-order valence-electron chi connectivity index (χ1n) is 7.52. The second-order valence-corrected chi connectivity index (χ2v) is 5.24. The number of ether oxygens (including phenoxy) is 2. The summed E-state index contributed by atoms with van der Waals surface area (Å²) < 4.78 is 13.2. The molecule has 0 aliphatic rings. The lowest BCUT2D eigenvalue weighted by molar-refractivity contribution is -0.750. The van der Waals surface area contributed by atoms with Crippen LogP contribution in [-0.4, -0.2) is 59.6 Å². The molecule has 126 valence electrons. The van der Waals surface area contributed by atoms with E-state index in [1.807, 2.05) is 48.5 Å². The van der Waals surface area contributed by atoms with Crippen molar-refractivity contribution in [2.75, 3.05) is 27.3 Å². The van der Waals surface area contributed by atoms with E-state index >= 15 is 0 Å². The zero-order chi connectivity index (χ0) is 17.4. The molecular weight excluding hydrogens is 308 g/mol. The highest BCUT2D eigenvalue weighted by molar-refractivity contribution is 5.75. The molecule has 0 aliphatic heterocycles. The van der Waals surface area contributed by atoms with Crippen molar-refractivity contribution in [3.05, 3.63) is 59.7 Å². The number of benzene rings is 2. The lowest BCUT2D eigenvalue weighted by atomic mass is 10.2. The van der Waals surface area contributed by atoms with Crippen LogP contribution in [0.3, 0.4) is 0 Å². The van der Waals surface area contributed by atoms with E-state index in [1.54, 1.807) is 26.5 Å². The molecule has 0 amide bonds. The van der Waals surface area contributed by atoms with Crippen molar-refractivity contribution in [3.8, 4) is 11.5 Å². The summed E-state index contributed by atoms with van der Waals surface area (Å²) in [6.45, 7) is 0.854. The first kappa shape index (κ1) is 17.3. The van der Waals surface area contributed by atoms with Gasteiger partial charge in [-0.15, -0.1) is 0 Å². The van der Waals surface area contributed by atoms with E-state index in [0.29, 0.717) is 13.2 Å². The van der Waals surface area contributed by atoms with Gasteiger partial charge in [0.15, 0.2) is 14.1 Å². The monoisotopic (exact) mass is 330 g/mol. The van der Waals surface area contributed by atoms with Crippen molar-refractivity contribution in [2.24, 2.45) is 0 Å². The smallest absolute Gasteiger partial charge is 0.222 e. The Kier molecular flexibility index (Phi) is 6.19. The van der Waals surface area contributed by atoms with Crippen LogP contribution in [0.15, 0.2) is 48.5 Å². The molecular formula is C18H22N2O4+2. The third-order valence-electron chi connectivity index (χ3n) is 3.05. The topological polar surface area (TPSA) is 64.9 Å². The van der Waals surface area contributed by atoms with E-state index in [9.17, 15) is 0 Å². The summed E-state index contributed by atoms with van der Waals surface area (Å²) in [5.41, 5.74) is 1.77. The van der Waals surface area contributed by atoms with Gasteiger partial charge < -0.3 is 9.47 Å². The van der Waals surface area contributed by atoms with Crippen LogP contribution in [0.2, 0.25) is 0 Å². The number of hydroxylamine groups is 2. The molecule has 6 nitrogen and oxygen atoms in total. The van der Waals surface area contributed by atoms with E-state index in [4.69, 9.17) is 19.9 Å². The Hall–Kier alpha value is -3.02. The molecule has 0 fully saturated rings. The second-order valence-electron chi connectivity index (χ2n) is 5.24. The molecule has 2 aromatic rings. The van der Waals surface area contributed by atoms with Crippen LogP contribution >= 0.6 is 0 Å². The maximum atomic E-state index is 9.13. The van der Waals surface area contributed by atoms with Crippen molar-refractivity contribution in [2.45, 2.75) is 0 Å². The average molecular weight is 330 g/mol. The van der Waals surface area contributed by atoms with Gasteiger partial charge in [-0.3, -0.25) is 10.4 Å². The zero-order valence-corrected chi connectivity index (χ0v) is 13.8. The summed E-state index contributed by atoms with van der Waals surface area (Å²) in [5, 5.41) is 18.3. The predicted octanol–water partition coefficient (Wildman–Crippen LogP) is 2.05. The van der Waals surface area contributed by atoms with Crippen LogP contribution < -0.4 is 9.47 Å². The van der Waals surface area contributed by atoms with E-state index in [0.717, 1.165) is 32.1 Å². The molecule has 2 N–H and O–H groups in total. The van der Waals surface area contributed by atoms with Gasteiger partial charge in [-0.2, -0.15) is 0 Å². The molecule has 2 aromatic carbocycles. The first-order chi connectivity index (χ1) is 11.5. The van der Waals surface area contributed by atoms with Crippen LogP contribution in [0.25, 0.3) is 0 Å². The Labute approximate surface area is 141 Å². The molecule has 0 saturated carbocycles. The van der Waals surface area contributed by atoms with Gasteiger partial charge in [-0.1, -0.05) is 0 Å². The van der Waals surface area contributed by atoms with E-state index in [1.165, 1.54) is 0 Å². The highest BCUT2D eigenvalue weighted by atomic mass is 16.5. The lowest BCUT2D eigenvalue weighted by Gasteiger charge is -2.08. The zero-order valence-electron chi connectivity index (χ0n) is 13.8. The van der Waals surface area contributed by atoms with E-state index in [2.05, 4.69) is 0 Å². The van der Waals surface area contributed by atoms with Gasteiger partial charge in [-0.05, 0) is 58.0 Å². The van der Waals surface area contributed by atoms with Crippen molar-refractivity contribution in [1.82, 2.24) is 0 Å². The molecule has 0 unspecified atom stereocenters. The third kappa shape index (κ3) is 6.00. The molecule has 6 heteroatoms. The number of rotatable bonds is 7. The van der Waals surface area contributed by atoms with Crippen LogP contribution in [0.1, 0.15) is 11.1 Å². The van der Waals surface area contributed by atoms with Crippen molar-refractivity contribution in [1.29, 1.82) is 0 Å². The highest BCUT2D eigenvalue weighted by Gasteiger charge is 2.00. The largest absolute Gasteiger partial charge is 0.490 e. The highest BCUT2D eigenvalue weighted by Crippen LogP contribution is 2.13. The van der Waals surface area contributed by atoms with E-state index in [-0.39, 0.29) is 0 Å². The summed E-state index contributed by atoms with van der Waals surface area (Å²) in [5.74, 6) is 1.49. The minimum Gasteiger partial charge on any atom is -0.490 e. The minimum atomic E-state index is 0.427. The molecule has 0 radical (unpaired) electrons. The Bertz CT molecular complexity index is 635. The van der Waals surface area contributed by atoms with Crippen molar-refractivity contribution in [3.63, 3.8) is 0 Å².